The van der Waals surface area contributed by atoms with Crippen LogP contribution in [0.4, 0.5) is 0 Å². The lowest BCUT2D eigenvalue weighted by molar-refractivity contribution is -0.125. The van der Waals surface area contributed by atoms with E-state index in [0.717, 1.165) is 50.3 Å². The molecule has 2 aliphatic rings. The van der Waals surface area contributed by atoms with E-state index in [2.05, 4.69) is 34.1 Å². The van der Waals surface area contributed by atoms with E-state index >= 15 is 0 Å². The molecule has 0 aliphatic carbocycles. The van der Waals surface area contributed by atoms with Crippen LogP contribution in [0.2, 0.25) is 0 Å². The summed E-state index contributed by atoms with van der Waals surface area (Å²) in [7, 11) is 2.20. The van der Waals surface area contributed by atoms with E-state index in [0.29, 0.717) is 12.0 Å². The molecule has 3 rings (SSSR count). The fourth-order valence-electron chi connectivity index (χ4n) is 4.37. The van der Waals surface area contributed by atoms with Crippen molar-refractivity contribution in [2.45, 2.75) is 52.1 Å². The number of pyridine rings is 1. The lowest BCUT2D eigenvalue weighted by atomic mass is 9.76. The SMILES string of the molecule is CCCN1CC2(CCN(C)CC2)CC1C(=O)NCc1ncccc1C. The summed E-state index contributed by atoms with van der Waals surface area (Å²) in [5, 5.41) is 3.15. The highest BCUT2D eigenvalue weighted by molar-refractivity contribution is 5.82. The number of hydrogen-bond donors (Lipinski definition) is 1. The van der Waals surface area contributed by atoms with Gasteiger partial charge in [-0.3, -0.25) is 14.7 Å². The van der Waals surface area contributed by atoms with Gasteiger partial charge in [-0.1, -0.05) is 13.0 Å². The van der Waals surface area contributed by atoms with Gasteiger partial charge in [-0.25, -0.2) is 0 Å². The van der Waals surface area contributed by atoms with E-state index in [1.807, 2.05) is 19.1 Å². The molecule has 5 heteroatoms. The second kappa shape index (κ2) is 7.83. The molecule has 1 amide bonds. The zero-order chi connectivity index (χ0) is 17.9. The molecule has 1 aromatic rings. The van der Waals surface area contributed by atoms with Gasteiger partial charge in [-0.05, 0) is 76.3 Å². The third-order valence-electron chi connectivity index (χ3n) is 6.01. The van der Waals surface area contributed by atoms with Crippen molar-refractivity contribution < 1.29 is 4.79 Å². The Kier molecular flexibility index (Phi) is 5.74. The second-order valence-corrected chi connectivity index (χ2v) is 7.98. The maximum atomic E-state index is 12.9. The van der Waals surface area contributed by atoms with Crippen molar-refractivity contribution in [1.29, 1.82) is 0 Å². The molecule has 0 aromatic carbocycles. The standard InChI is InChI=1S/C20H32N4O/c1-4-10-24-15-20(7-11-23(3)12-8-20)13-18(24)19(25)22-14-17-16(2)6-5-9-21-17/h5-6,9,18H,4,7-8,10-15H2,1-3H3,(H,22,25). The molecule has 2 saturated heterocycles. The summed E-state index contributed by atoms with van der Waals surface area (Å²) < 4.78 is 0. The van der Waals surface area contributed by atoms with Gasteiger partial charge in [0.15, 0.2) is 0 Å². The van der Waals surface area contributed by atoms with Gasteiger partial charge in [0.1, 0.15) is 0 Å². The number of aromatic nitrogens is 1. The number of amides is 1. The molecule has 2 aliphatic heterocycles. The highest BCUT2D eigenvalue weighted by Gasteiger charge is 2.47. The lowest BCUT2D eigenvalue weighted by Crippen LogP contribution is -2.43. The largest absolute Gasteiger partial charge is 0.349 e. The van der Waals surface area contributed by atoms with Crippen molar-refractivity contribution in [2.24, 2.45) is 5.41 Å². The van der Waals surface area contributed by atoms with Gasteiger partial charge in [0.05, 0.1) is 18.3 Å². The molecule has 1 unspecified atom stereocenters. The monoisotopic (exact) mass is 344 g/mol. The fraction of sp³-hybridized carbons (Fsp3) is 0.700. The zero-order valence-electron chi connectivity index (χ0n) is 15.9. The number of carbonyl (C=O) groups is 1. The Labute approximate surface area is 151 Å². The minimum Gasteiger partial charge on any atom is -0.349 e. The van der Waals surface area contributed by atoms with Crippen molar-refractivity contribution in [2.75, 3.05) is 33.2 Å². The molecular formula is C20H32N4O. The molecule has 0 saturated carbocycles. The zero-order valence-corrected chi connectivity index (χ0v) is 15.9. The number of likely N-dealkylation sites (tertiary alicyclic amines) is 2. The molecule has 0 bridgehead atoms. The van der Waals surface area contributed by atoms with Crippen LogP contribution in [0.25, 0.3) is 0 Å². The quantitative estimate of drug-likeness (QED) is 0.890. The number of rotatable bonds is 5. The third-order valence-corrected chi connectivity index (χ3v) is 6.01. The number of nitrogens with one attached hydrogen (secondary N) is 1. The highest BCUT2D eigenvalue weighted by Crippen LogP contribution is 2.43. The van der Waals surface area contributed by atoms with Crippen molar-refractivity contribution in [3.05, 3.63) is 29.6 Å². The predicted molar refractivity (Wildman–Crippen MR) is 100 cm³/mol. The average Bonchev–Trinajstić information content (AvgIpc) is 2.96. The molecule has 3 heterocycles. The van der Waals surface area contributed by atoms with Crippen molar-refractivity contribution in [3.63, 3.8) is 0 Å². The van der Waals surface area contributed by atoms with Crippen LogP contribution in [-0.2, 0) is 11.3 Å². The summed E-state index contributed by atoms with van der Waals surface area (Å²) in [5.74, 6) is 0.175. The van der Waals surface area contributed by atoms with Crippen LogP contribution < -0.4 is 5.32 Å². The van der Waals surface area contributed by atoms with Crippen LogP contribution in [0, 0.1) is 12.3 Å². The number of carbonyl (C=O) groups excluding carboxylic acids is 1. The molecule has 1 N–H and O–H groups in total. The maximum absolute atomic E-state index is 12.9. The first-order chi connectivity index (χ1) is 12.0. The number of hydrogen-bond acceptors (Lipinski definition) is 4. The minimum atomic E-state index is 0.0207. The van der Waals surface area contributed by atoms with Gasteiger partial charge in [-0.15, -0.1) is 0 Å². The van der Waals surface area contributed by atoms with E-state index in [-0.39, 0.29) is 11.9 Å². The first kappa shape index (κ1) is 18.3. The van der Waals surface area contributed by atoms with Crippen molar-refractivity contribution in [3.8, 4) is 0 Å². The van der Waals surface area contributed by atoms with E-state index in [1.54, 1.807) is 6.20 Å². The lowest BCUT2D eigenvalue weighted by Gasteiger charge is -2.37. The summed E-state index contributed by atoms with van der Waals surface area (Å²) in [4.78, 5) is 22.1. The van der Waals surface area contributed by atoms with E-state index < -0.39 is 0 Å². The normalized spacial score (nSPS) is 23.9. The Morgan fingerprint density at radius 2 is 2.16 bits per heavy atom. The average molecular weight is 345 g/mol. The van der Waals surface area contributed by atoms with Crippen LogP contribution in [0.5, 0.6) is 0 Å². The number of aryl methyl sites for hydroxylation is 1. The Morgan fingerprint density at radius 3 is 2.84 bits per heavy atom. The molecule has 1 aromatic heterocycles. The topological polar surface area (TPSA) is 48.5 Å². The molecule has 0 radical (unpaired) electrons. The van der Waals surface area contributed by atoms with Crippen LogP contribution in [0.15, 0.2) is 18.3 Å². The summed E-state index contributed by atoms with van der Waals surface area (Å²) in [5.41, 5.74) is 2.43. The van der Waals surface area contributed by atoms with Gasteiger partial charge < -0.3 is 10.2 Å². The molecule has 25 heavy (non-hydrogen) atoms. The summed E-state index contributed by atoms with van der Waals surface area (Å²) >= 11 is 0. The van der Waals surface area contributed by atoms with Crippen molar-refractivity contribution in [1.82, 2.24) is 20.1 Å². The number of piperidine rings is 1. The smallest absolute Gasteiger partial charge is 0.237 e. The predicted octanol–water partition coefficient (Wildman–Crippen LogP) is 2.20. The summed E-state index contributed by atoms with van der Waals surface area (Å²) in [6.07, 6.45) is 6.33. The summed E-state index contributed by atoms with van der Waals surface area (Å²) in [6, 6.07) is 4.00. The Morgan fingerprint density at radius 1 is 1.40 bits per heavy atom. The van der Waals surface area contributed by atoms with Gasteiger partial charge in [0, 0.05) is 12.7 Å². The second-order valence-electron chi connectivity index (χ2n) is 7.98. The van der Waals surface area contributed by atoms with Crippen molar-refractivity contribution >= 4 is 5.91 Å². The van der Waals surface area contributed by atoms with Crippen LogP contribution in [-0.4, -0.2) is 60.0 Å². The minimum absolute atomic E-state index is 0.0207. The molecule has 5 nitrogen and oxygen atoms in total. The first-order valence-corrected chi connectivity index (χ1v) is 9.64. The highest BCUT2D eigenvalue weighted by atomic mass is 16.2. The van der Waals surface area contributed by atoms with Gasteiger partial charge in [0.2, 0.25) is 5.91 Å². The van der Waals surface area contributed by atoms with Gasteiger partial charge >= 0.3 is 0 Å². The van der Waals surface area contributed by atoms with Gasteiger partial charge in [-0.2, -0.15) is 0 Å². The van der Waals surface area contributed by atoms with E-state index in [4.69, 9.17) is 0 Å². The Bertz CT molecular complexity index is 595. The molecule has 138 valence electrons. The van der Waals surface area contributed by atoms with E-state index in [9.17, 15) is 4.79 Å². The van der Waals surface area contributed by atoms with E-state index in [1.165, 1.54) is 12.8 Å². The fourth-order valence-corrected chi connectivity index (χ4v) is 4.37. The molecule has 2 fully saturated rings. The molecule has 1 atom stereocenters. The maximum Gasteiger partial charge on any atom is 0.237 e. The molecular weight excluding hydrogens is 312 g/mol. The van der Waals surface area contributed by atoms with Crippen LogP contribution >= 0.6 is 0 Å². The summed E-state index contributed by atoms with van der Waals surface area (Å²) in [6.45, 7) is 9.17. The van der Waals surface area contributed by atoms with Gasteiger partial charge in [0.25, 0.3) is 0 Å². The third kappa shape index (κ3) is 4.21. The van der Waals surface area contributed by atoms with Crippen LogP contribution in [0.1, 0.15) is 43.9 Å². The Hall–Kier alpha value is -1.46. The first-order valence-electron chi connectivity index (χ1n) is 9.64. The van der Waals surface area contributed by atoms with Crippen LogP contribution in [0.3, 0.4) is 0 Å². The molecule has 1 spiro atoms. The Balaban J connectivity index is 1.64. The number of nitrogens with zero attached hydrogens (tertiary/aromatic N) is 3.